The van der Waals surface area contributed by atoms with E-state index in [0.29, 0.717) is 11.2 Å². The Morgan fingerprint density at radius 2 is 1.12 bits per heavy atom. The Morgan fingerprint density at radius 3 is 1.58 bits per heavy atom. The molecule has 0 aliphatic rings. The van der Waals surface area contributed by atoms with Crippen LogP contribution in [-0.2, 0) is 4.52 Å². The van der Waals surface area contributed by atoms with Gasteiger partial charge in [-0.25, -0.2) is 0 Å². The van der Waals surface area contributed by atoms with Crippen molar-refractivity contribution in [1.29, 1.82) is 0 Å². The lowest BCUT2D eigenvalue weighted by molar-refractivity contribution is 0.228. The molecule has 0 fully saturated rings. The molecular formula is C30H35OPS. The minimum Gasteiger partial charge on any atom is -0.346 e. The van der Waals surface area contributed by atoms with Crippen LogP contribution < -0.4 is 10.6 Å². The Balaban J connectivity index is 1.85. The van der Waals surface area contributed by atoms with E-state index in [1.807, 2.05) is 11.8 Å². The van der Waals surface area contributed by atoms with E-state index in [-0.39, 0.29) is 10.9 Å². The Hall–Kier alpha value is -1.86. The van der Waals surface area contributed by atoms with Crippen LogP contribution in [0.3, 0.4) is 0 Å². The second-order valence-corrected chi connectivity index (χ2v) is 13.8. The predicted molar refractivity (Wildman–Crippen MR) is 151 cm³/mol. The van der Waals surface area contributed by atoms with Crippen molar-refractivity contribution < 1.29 is 4.52 Å². The molecule has 0 unspecified atom stereocenters. The maximum atomic E-state index is 7.15. The minimum absolute atomic E-state index is 0.123. The molecule has 0 spiro atoms. The molecule has 0 heterocycles. The molecule has 4 aromatic rings. The zero-order chi connectivity index (χ0) is 23.6. The number of fused-ring (bicyclic) bond motifs is 2. The summed E-state index contributed by atoms with van der Waals surface area (Å²) in [7, 11) is -1.00. The molecule has 4 rings (SSSR count). The molecule has 0 aliphatic heterocycles. The van der Waals surface area contributed by atoms with Gasteiger partial charge >= 0.3 is 0 Å². The smallest absolute Gasteiger partial charge is 0.0934 e. The van der Waals surface area contributed by atoms with Gasteiger partial charge in [-0.3, -0.25) is 0 Å². The second-order valence-electron chi connectivity index (χ2n) is 10.0. The Labute approximate surface area is 204 Å². The van der Waals surface area contributed by atoms with Crippen LogP contribution in [0.4, 0.5) is 0 Å². The predicted octanol–water partition coefficient (Wildman–Crippen LogP) is 8.30. The normalized spacial score (nSPS) is 14.3. The molecule has 0 saturated carbocycles. The third kappa shape index (κ3) is 5.62. The van der Waals surface area contributed by atoms with Gasteiger partial charge in [0.05, 0.1) is 14.3 Å². The fourth-order valence-electron chi connectivity index (χ4n) is 4.42. The van der Waals surface area contributed by atoms with E-state index in [9.17, 15) is 0 Å². The summed E-state index contributed by atoms with van der Waals surface area (Å²) >= 11 is 2.04. The second kappa shape index (κ2) is 10.2. The first kappa shape index (κ1) is 24.3. The Morgan fingerprint density at radius 1 is 0.667 bits per heavy atom. The summed E-state index contributed by atoms with van der Waals surface area (Å²) in [5.41, 5.74) is 0. The molecule has 0 bridgehead atoms. The highest BCUT2D eigenvalue weighted by atomic mass is 32.2. The first-order valence-electron chi connectivity index (χ1n) is 11.8. The lowest BCUT2D eigenvalue weighted by atomic mass is 10.1. The van der Waals surface area contributed by atoms with Crippen LogP contribution in [-0.4, -0.2) is 16.1 Å². The molecule has 0 amide bonds. The van der Waals surface area contributed by atoms with E-state index in [0.717, 1.165) is 0 Å². The minimum atomic E-state index is -1.00. The van der Waals surface area contributed by atoms with Crippen molar-refractivity contribution in [3.05, 3.63) is 84.9 Å². The highest BCUT2D eigenvalue weighted by molar-refractivity contribution is 8.01. The van der Waals surface area contributed by atoms with Gasteiger partial charge in [0.1, 0.15) is 0 Å². The van der Waals surface area contributed by atoms with Crippen molar-refractivity contribution in [1.82, 2.24) is 0 Å². The number of thioether (sulfide) groups is 1. The fraction of sp³-hybridized carbons (Fsp3) is 0.333. The van der Waals surface area contributed by atoms with Crippen LogP contribution >= 0.6 is 19.9 Å². The van der Waals surface area contributed by atoms with Crippen molar-refractivity contribution in [2.24, 2.45) is 5.92 Å². The quantitative estimate of drug-likeness (QED) is 0.249. The first-order valence-corrected chi connectivity index (χ1v) is 14.0. The van der Waals surface area contributed by atoms with E-state index >= 15 is 0 Å². The molecule has 0 aromatic heterocycles. The molecule has 172 valence electrons. The summed E-state index contributed by atoms with van der Waals surface area (Å²) < 4.78 is 7.34. The highest BCUT2D eigenvalue weighted by Crippen LogP contribution is 2.44. The van der Waals surface area contributed by atoms with Gasteiger partial charge in [0.2, 0.25) is 0 Å². The van der Waals surface area contributed by atoms with Gasteiger partial charge in [-0.15, -0.1) is 11.8 Å². The summed E-state index contributed by atoms with van der Waals surface area (Å²) in [5.74, 6) is 0.529. The molecule has 0 aliphatic carbocycles. The summed E-state index contributed by atoms with van der Waals surface area (Å²) in [6, 6.07) is 30.7. The molecule has 0 radical (unpaired) electrons. The monoisotopic (exact) mass is 474 g/mol. The third-order valence-electron chi connectivity index (χ3n) is 5.85. The first-order chi connectivity index (χ1) is 15.7. The summed E-state index contributed by atoms with van der Waals surface area (Å²) in [6.45, 7) is 13.8. The van der Waals surface area contributed by atoms with Gasteiger partial charge in [-0.2, -0.15) is 0 Å². The molecular weight excluding hydrogens is 439 g/mol. The number of rotatable bonds is 7. The largest absolute Gasteiger partial charge is 0.346 e. The van der Waals surface area contributed by atoms with Crippen molar-refractivity contribution in [3.63, 3.8) is 0 Å². The van der Waals surface area contributed by atoms with Crippen molar-refractivity contribution in [2.45, 2.75) is 57.6 Å². The van der Waals surface area contributed by atoms with Crippen LogP contribution in [0.1, 0.15) is 41.5 Å². The van der Waals surface area contributed by atoms with Gasteiger partial charge < -0.3 is 4.52 Å². The standard InChI is InChI=1S/C30H35OPS/c1-21(2)29(33-30(4,5)6)22(3)31-32(27-19-11-15-23-13-7-9-17-25(23)27)28-20-12-16-24-14-8-10-18-26(24)28/h7-22,29H,1-6H3/t22-,29-/m0/s1. The number of hydrogen-bond acceptors (Lipinski definition) is 2. The Bertz CT molecular complexity index is 1140. The highest BCUT2D eigenvalue weighted by Gasteiger charge is 2.31. The fourth-order valence-corrected chi connectivity index (χ4v) is 8.08. The molecule has 4 aromatic carbocycles. The lowest BCUT2D eigenvalue weighted by Crippen LogP contribution is -2.33. The third-order valence-corrected chi connectivity index (χ3v) is 9.96. The molecule has 0 N–H and O–H groups in total. The van der Waals surface area contributed by atoms with Crippen LogP contribution in [0.15, 0.2) is 84.9 Å². The molecule has 1 nitrogen and oxygen atoms in total. The zero-order valence-electron chi connectivity index (χ0n) is 20.6. The summed E-state index contributed by atoms with van der Waals surface area (Å²) in [4.78, 5) is 0. The van der Waals surface area contributed by atoms with Gasteiger partial charge in [0, 0.05) is 20.6 Å². The van der Waals surface area contributed by atoms with Gasteiger partial charge in [-0.1, -0.05) is 120 Å². The van der Waals surface area contributed by atoms with E-state index < -0.39 is 8.15 Å². The number of benzene rings is 4. The molecule has 33 heavy (non-hydrogen) atoms. The van der Waals surface area contributed by atoms with Gasteiger partial charge in [0.25, 0.3) is 0 Å². The molecule has 2 atom stereocenters. The zero-order valence-corrected chi connectivity index (χ0v) is 22.3. The maximum absolute atomic E-state index is 7.15. The van der Waals surface area contributed by atoms with Crippen LogP contribution in [0.25, 0.3) is 21.5 Å². The van der Waals surface area contributed by atoms with Gasteiger partial charge in [0.15, 0.2) is 0 Å². The van der Waals surface area contributed by atoms with E-state index in [1.165, 1.54) is 32.2 Å². The van der Waals surface area contributed by atoms with E-state index in [2.05, 4.69) is 126 Å². The summed E-state index contributed by atoms with van der Waals surface area (Å²) in [5, 5.41) is 8.13. The van der Waals surface area contributed by atoms with E-state index in [4.69, 9.17) is 4.52 Å². The molecule has 3 heteroatoms. The Kier molecular flexibility index (Phi) is 7.49. The van der Waals surface area contributed by atoms with Crippen molar-refractivity contribution in [2.75, 3.05) is 0 Å². The van der Waals surface area contributed by atoms with E-state index in [1.54, 1.807) is 0 Å². The van der Waals surface area contributed by atoms with Crippen molar-refractivity contribution >= 4 is 52.1 Å². The lowest BCUT2D eigenvalue weighted by Gasteiger charge is -2.35. The van der Waals surface area contributed by atoms with Gasteiger partial charge in [-0.05, 0) is 34.4 Å². The number of hydrogen-bond donors (Lipinski definition) is 0. The van der Waals surface area contributed by atoms with Crippen LogP contribution in [0.5, 0.6) is 0 Å². The maximum Gasteiger partial charge on any atom is 0.0934 e. The average molecular weight is 475 g/mol. The topological polar surface area (TPSA) is 9.23 Å². The SMILES string of the molecule is CC(C)[C@H](SC(C)(C)C)[C@H](C)OP(c1cccc2ccccc12)c1cccc2ccccc12. The average Bonchev–Trinajstić information content (AvgIpc) is 2.79. The molecule has 0 saturated heterocycles. The van der Waals surface area contributed by atoms with Crippen LogP contribution in [0, 0.1) is 5.92 Å². The summed E-state index contributed by atoms with van der Waals surface area (Å²) in [6.07, 6.45) is 0.123. The van der Waals surface area contributed by atoms with Crippen molar-refractivity contribution in [3.8, 4) is 0 Å². The van der Waals surface area contributed by atoms with Crippen LogP contribution in [0.2, 0.25) is 0 Å².